The molecule has 0 radical (unpaired) electrons. The summed E-state index contributed by atoms with van der Waals surface area (Å²) < 4.78 is 2.02. The molecule has 2 heterocycles. The Morgan fingerprint density at radius 3 is 2.86 bits per heavy atom. The first-order valence-corrected chi connectivity index (χ1v) is 4.78. The van der Waals surface area contributed by atoms with Crippen molar-refractivity contribution >= 4 is 5.65 Å². The van der Waals surface area contributed by atoms with Crippen LogP contribution in [0.25, 0.3) is 5.65 Å². The average Bonchev–Trinajstić information content (AvgIpc) is 2.61. The van der Waals surface area contributed by atoms with Crippen molar-refractivity contribution < 1.29 is 0 Å². The summed E-state index contributed by atoms with van der Waals surface area (Å²) >= 11 is 0. The molecule has 3 nitrogen and oxygen atoms in total. The molecule has 2 aromatic rings. The summed E-state index contributed by atoms with van der Waals surface area (Å²) in [7, 11) is 0. The molecule has 0 saturated heterocycles. The van der Waals surface area contributed by atoms with Gasteiger partial charge in [0, 0.05) is 24.4 Å². The van der Waals surface area contributed by atoms with Crippen molar-refractivity contribution in [3.8, 4) is 0 Å². The molecule has 0 amide bonds. The number of rotatable bonds is 2. The van der Waals surface area contributed by atoms with E-state index in [1.165, 1.54) is 0 Å². The van der Waals surface area contributed by atoms with E-state index in [0.717, 1.165) is 11.3 Å². The first kappa shape index (κ1) is 9.21. The Hall–Kier alpha value is -1.35. The number of hydrogen-bond acceptors (Lipinski definition) is 2. The third-order valence-corrected chi connectivity index (χ3v) is 2.57. The fraction of sp³-hybridized carbons (Fsp3) is 0.364. The molecule has 2 rings (SSSR count). The summed E-state index contributed by atoms with van der Waals surface area (Å²) in [5, 5.41) is 0. The molecule has 0 aliphatic carbocycles. The lowest BCUT2D eigenvalue weighted by molar-refractivity contribution is 0.525. The van der Waals surface area contributed by atoms with E-state index in [0.29, 0.717) is 6.54 Å². The summed E-state index contributed by atoms with van der Waals surface area (Å²) in [6.45, 7) is 4.82. The standard InChI is InChI=1S/C11H15N3/c1-11(2,8-12)9-7-14-6-4-3-5-10(14)13-9/h3-7H,8,12H2,1-2H3. The second kappa shape index (κ2) is 3.10. The molecule has 0 aliphatic rings. The number of hydrogen-bond donors (Lipinski definition) is 1. The van der Waals surface area contributed by atoms with Gasteiger partial charge in [0.1, 0.15) is 5.65 Å². The van der Waals surface area contributed by atoms with Crippen LogP contribution in [0.3, 0.4) is 0 Å². The summed E-state index contributed by atoms with van der Waals surface area (Å²) in [4.78, 5) is 4.54. The van der Waals surface area contributed by atoms with E-state index in [1.54, 1.807) is 0 Å². The van der Waals surface area contributed by atoms with Gasteiger partial charge in [-0.3, -0.25) is 0 Å². The van der Waals surface area contributed by atoms with Crippen LogP contribution in [0.2, 0.25) is 0 Å². The molecule has 3 heteroatoms. The number of pyridine rings is 1. The first-order chi connectivity index (χ1) is 6.63. The highest BCUT2D eigenvalue weighted by Crippen LogP contribution is 2.20. The highest BCUT2D eigenvalue weighted by atomic mass is 15.0. The van der Waals surface area contributed by atoms with Gasteiger partial charge in [0.05, 0.1) is 5.69 Å². The number of imidazole rings is 1. The summed E-state index contributed by atoms with van der Waals surface area (Å²) in [5.74, 6) is 0. The molecule has 0 fully saturated rings. The van der Waals surface area contributed by atoms with Crippen LogP contribution in [0.1, 0.15) is 19.5 Å². The largest absolute Gasteiger partial charge is 0.330 e. The van der Waals surface area contributed by atoms with Gasteiger partial charge in [0.15, 0.2) is 0 Å². The molecule has 2 N–H and O–H groups in total. The van der Waals surface area contributed by atoms with Crippen LogP contribution in [0.5, 0.6) is 0 Å². The van der Waals surface area contributed by atoms with Crippen LogP contribution in [0, 0.1) is 0 Å². The van der Waals surface area contributed by atoms with Gasteiger partial charge in [0.2, 0.25) is 0 Å². The van der Waals surface area contributed by atoms with Crippen molar-refractivity contribution in [3.05, 3.63) is 36.3 Å². The zero-order chi connectivity index (χ0) is 10.2. The molecule has 14 heavy (non-hydrogen) atoms. The van der Waals surface area contributed by atoms with Crippen LogP contribution in [0.15, 0.2) is 30.6 Å². The predicted octanol–water partition coefficient (Wildman–Crippen LogP) is 1.57. The van der Waals surface area contributed by atoms with Crippen molar-refractivity contribution in [1.29, 1.82) is 0 Å². The number of fused-ring (bicyclic) bond motifs is 1. The Bertz CT molecular complexity index is 409. The second-order valence-electron chi connectivity index (χ2n) is 4.18. The van der Waals surface area contributed by atoms with Crippen LogP contribution in [-0.4, -0.2) is 15.9 Å². The van der Waals surface area contributed by atoms with Crippen molar-refractivity contribution in [2.24, 2.45) is 5.73 Å². The fourth-order valence-electron chi connectivity index (χ4n) is 1.37. The van der Waals surface area contributed by atoms with Gasteiger partial charge in [-0.2, -0.15) is 0 Å². The maximum Gasteiger partial charge on any atom is 0.136 e. The minimum atomic E-state index is -0.0496. The number of nitrogens with zero attached hydrogens (tertiary/aromatic N) is 2. The Morgan fingerprint density at radius 1 is 1.43 bits per heavy atom. The summed E-state index contributed by atoms with van der Waals surface area (Å²) in [5.41, 5.74) is 7.68. The van der Waals surface area contributed by atoms with Crippen molar-refractivity contribution in [3.63, 3.8) is 0 Å². The molecular weight excluding hydrogens is 174 g/mol. The third kappa shape index (κ3) is 1.40. The lowest BCUT2D eigenvalue weighted by Crippen LogP contribution is -2.28. The Balaban J connectivity index is 2.55. The number of nitrogens with two attached hydrogens (primary N) is 1. The van der Waals surface area contributed by atoms with E-state index in [4.69, 9.17) is 5.73 Å². The fourth-order valence-corrected chi connectivity index (χ4v) is 1.37. The molecule has 74 valence electrons. The topological polar surface area (TPSA) is 43.3 Å². The minimum Gasteiger partial charge on any atom is -0.330 e. The van der Waals surface area contributed by atoms with E-state index in [1.807, 2.05) is 35.0 Å². The zero-order valence-corrected chi connectivity index (χ0v) is 8.57. The van der Waals surface area contributed by atoms with Crippen molar-refractivity contribution in [2.75, 3.05) is 6.54 Å². The summed E-state index contributed by atoms with van der Waals surface area (Å²) in [6, 6.07) is 5.98. The molecule has 0 aliphatic heterocycles. The smallest absolute Gasteiger partial charge is 0.136 e. The Kier molecular flexibility index (Phi) is 2.04. The van der Waals surface area contributed by atoms with Crippen molar-refractivity contribution in [2.45, 2.75) is 19.3 Å². The number of aromatic nitrogens is 2. The van der Waals surface area contributed by atoms with Crippen molar-refractivity contribution in [1.82, 2.24) is 9.38 Å². The lowest BCUT2D eigenvalue weighted by atomic mass is 9.90. The van der Waals surface area contributed by atoms with Gasteiger partial charge in [-0.05, 0) is 12.1 Å². The second-order valence-corrected chi connectivity index (χ2v) is 4.18. The monoisotopic (exact) mass is 189 g/mol. The molecule has 0 unspecified atom stereocenters. The van der Waals surface area contributed by atoms with Crippen LogP contribution < -0.4 is 5.73 Å². The van der Waals surface area contributed by atoms with Gasteiger partial charge in [-0.25, -0.2) is 4.98 Å². The lowest BCUT2D eigenvalue weighted by Gasteiger charge is -2.18. The predicted molar refractivity (Wildman–Crippen MR) is 57.3 cm³/mol. The Labute approximate surface area is 83.6 Å². The zero-order valence-electron chi connectivity index (χ0n) is 8.57. The normalized spacial score (nSPS) is 12.2. The highest BCUT2D eigenvalue weighted by molar-refractivity contribution is 5.40. The molecule has 0 bridgehead atoms. The van der Waals surface area contributed by atoms with E-state index in [9.17, 15) is 0 Å². The SMILES string of the molecule is CC(C)(CN)c1cn2ccccc2n1. The van der Waals surface area contributed by atoms with E-state index in [-0.39, 0.29) is 5.41 Å². The third-order valence-electron chi connectivity index (χ3n) is 2.57. The van der Waals surface area contributed by atoms with Crippen LogP contribution in [0.4, 0.5) is 0 Å². The maximum atomic E-state index is 5.71. The molecule has 0 spiro atoms. The quantitative estimate of drug-likeness (QED) is 0.779. The average molecular weight is 189 g/mol. The van der Waals surface area contributed by atoms with E-state index >= 15 is 0 Å². The molecule has 2 aromatic heterocycles. The van der Waals surface area contributed by atoms with E-state index < -0.39 is 0 Å². The highest BCUT2D eigenvalue weighted by Gasteiger charge is 2.21. The minimum absolute atomic E-state index is 0.0496. The van der Waals surface area contributed by atoms with Gasteiger partial charge in [-0.15, -0.1) is 0 Å². The first-order valence-electron chi connectivity index (χ1n) is 4.78. The molecular formula is C11H15N3. The van der Waals surface area contributed by atoms with Gasteiger partial charge < -0.3 is 10.1 Å². The van der Waals surface area contributed by atoms with Crippen LogP contribution >= 0.6 is 0 Å². The van der Waals surface area contributed by atoms with E-state index in [2.05, 4.69) is 18.8 Å². The van der Waals surface area contributed by atoms with Gasteiger partial charge in [-0.1, -0.05) is 19.9 Å². The Morgan fingerprint density at radius 2 is 2.21 bits per heavy atom. The summed E-state index contributed by atoms with van der Waals surface area (Å²) in [6.07, 6.45) is 4.04. The molecule has 0 saturated carbocycles. The van der Waals surface area contributed by atoms with Gasteiger partial charge in [0.25, 0.3) is 0 Å². The van der Waals surface area contributed by atoms with Gasteiger partial charge >= 0.3 is 0 Å². The molecule has 0 aromatic carbocycles. The van der Waals surface area contributed by atoms with Crippen LogP contribution in [-0.2, 0) is 5.41 Å². The maximum absolute atomic E-state index is 5.71. The molecule has 0 atom stereocenters.